The molecule has 1 heterocycles. The van der Waals surface area contributed by atoms with Gasteiger partial charge in [0.1, 0.15) is 0 Å². The molecule has 0 aliphatic carbocycles. The molecule has 7 heteroatoms. The average Bonchev–Trinajstić information content (AvgIpc) is 3.30. The number of carboxylic acid groups (broad SMARTS) is 1. The molecule has 2 N–H and O–H groups in total. The Labute approximate surface area is 212 Å². The van der Waals surface area contributed by atoms with Crippen LogP contribution < -0.4 is 5.32 Å². The van der Waals surface area contributed by atoms with Crippen LogP contribution in [0.5, 0.6) is 0 Å². The lowest BCUT2D eigenvalue weighted by atomic mass is 9.97. The first kappa shape index (κ1) is 23.3. The van der Waals surface area contributed by atoms with E-state index in [1.54, 1.807) is 18.2 Å². The highest BCUT2D eigenvalue weighted by Gasteiger charge is 2.20. The second kappa shape index (κ2) is 10.1. The van der Waals surface area contributed by atoms with Gasteiger partial charge in [-0.25, -0.2) is 4.79 Å². The smallest absolute Gasteiger partial charge is 0.335 e. The quantitative estimate of drug-likeness (QED) is 0.273. The summed E-state index contributed by atoms with van der Waals surface area (Å²) >= 11 is 6.16. The van der Waals surface area contributed by atoms with Crippen molar-refractivity contribution in [2.24, 2.45) is 0 Å². The number of hydrogen-bond donors (Lipinski definition) is 2. The number of nitrogens with zero attached hydrogens (tertiary/aromatic N) is 1. The minimum Gasteiger partial charge on any atom is -0.478 e. The van der Waals surface area contributed by atoms with Crippen LogP contribution in [0.4, 0.5) is 0 Å². The van der Waals surface area contributed by atoms with Crippen molar-refractivity contribution < 1.29 is 19.2 Å². The summed E-state index contributed by atoms with van der Waals surface area (Å²) in [5.41, 5.74) is 5.33. The fourth-order valence-corrected chi connectivity index (χ4v) is 4.33. The fraction of sp³-hybridized carbons (Fsp3) is 0.0690. The zero-order valence-corrected chi connectivity index (χ0v) is 19.8. The standard InChI is InChI=1S/C29H21ClN2O4/c30-23-8-4-5-19(13-23)14-25-27-24(28(33)31-17-18-9-11-21(12-10-18)29(34)35)15-22(16-26(27)36-32-25)20-6-2-1-3-7-20/h1-13,15-16H,14,17H2,(H,31,33)(H,34,35). The van der Waals surface area contributed by atoms with E-state index >= 15 is 0 Å². The Balaban J connectivity index is 1.51. The van der Waals surface area contributed by atoms with Crippen molar-refractivity contribution in [3.05, 3.63) is 124 Å². The maximum absolute atomic E-state index is 13.5. The summed E-state index contributed by atoms with van der Waals surface area (Å²) < 4.78 is 5.68. The van der Waals surface area contributed by atoms with Gasteiger partial charge in [-0.2, -0.15) is 0 Å². The molecule has 5 aromatic rings. The topological polar surface area (TPSA) is 92.4 Å². The molecule has 0 saturated heterocycles. The summed E-state index contributed by atoms with van der Waals surface area (Å²) in [7, 11) is 0. The Bertz CT molecular complexity index is 1560. The summed E-state index contributed by atoms with van der Waals surface area (Å²) in [6.45, 7) is 0.241. The summed E-state index contributed by atoms with van der Waals surface area (Å²) in [4.78, 5) is 24.6. The molecule has 178 valence electrons. The molecule has 0 spiro atoms. The number of aromatic nitrogens is 1. The highest BCUT2D eigenvalue weighted by molar-refractivity contribution is 6.30. The number of carbonyl (C=O) groups excluding carboxylic acids is 1. The van der Waals surface area contributed by atoms with Crippen LogP contribution in [0.2, 0.25) is 5.02 Å². The van der Waals surface area contributed by atoms with E-state index in [2.05, 4.69) is 10.5 Å². The number of halogens is 1. The van der Waals surface area contributed by atoms with Gasteiger partial charge in [-0.05, 0) is 58.7 Å². The number of amides is 1. The largest absolute Gasteiger partial charge is 0.478 e. The van der Waals surface area contributed by atoms with E-state index in [0.29, 0.717) is 33.7 Å². The van der Waals surface area contributed by atoms with Crippen LogP contribution in [-0.2, 0) is 13.0 Å². The third-order valence-corrected chi connectivity index (χ3v) is 6.15. The molecule has 0 atom stereocenters. The first-order valence-electron chi connectivity index (χ1n) is 11.3. The average molecular weight is 497 g/mol. The minimum atomic E-state index is -0.995. The molecule has 1 aromatic heterocycles. The lowest BCUT2D eigenvalue weighted by Crippen LogP contribution is -2.23. The molecule has 4 aromatic carbocycles. The van der Waals surface area contributed by atoms with Crippen LogP contribution in [-0.4, -0.2) is 22.1 Å². The molecule has 0 fully saturated rings. The Morgan fingerprint density at radius 1 is 0.861 bits per heavy atom. The van der Waals surface area contributed by atoms with Gasteiger partial charge >= 0.3 is 5.97 Å². The van der Waals surface area contributed by atoms with Crippen LogP contribution in [0, 0.1) is 0 Å². The summed E-state index contributed by atoms with van der Waals surface area (Å²) in [6, 6.07) is 27.4. The summed E-state index contributed by atoms with van der Waals surface area (Å²) in [5.74, 6) is -1.28. The van der Waals surface area contributed by atoms with Gasteiger partial charge in [-0.15, -0.1) is 0 Å². The van der Waals surface area contributed by atoms with Crippen LogP contribution in [0.1, 0.15) is 37.5 Å². The second-order valence-electron chi connectivity index (χ2n) is 8.38. The van der Waals surface area contributed by atoms with Crippen molar-refractivity contribution in [1.82, 2.24) is 10.5 Å². The predicted molar refractivity (Wildman–Crippen MR) is 138 cm³/mol. The van der Waals surface area contributed by atoms with Gasteiger partial charge in [0.15, 0.2) is 5.58 Å². The Kier molecular flexibility index (Phi) is 6.52. The van der Waals surface area contributed by atoms with E-state index in [4.69, 9.17) is 21.2 Å². The molecular weight excluding hydrogens is 476 g/mol. The zero-order valence-electron chi connectivity index (χ0n) is 19.1. The zero-order chi connectivity index (χ0) is 25.1. The van der Waals surface area contributed by atoms with E-state index in [1.165, 1.54) is 12.1 Å². The molecule has 0 saturated carbocycles. The lowest BCUT2D eigenvalue weighted by Gasteiger charge is -2.10. The molecule has 1 amide bonds. The van der Waals surface area contributed by atoms with Gasteiger partial charge in [0.05, 0.1) is 22.2 Å². The molecular formula is C29H21ClN2O4. The number of hydrogen-bond acceptors (Lipinski definition) is 4. The number of fused-ring (bicyclic) bond motifs is 1. The lowest BCUT2D eigenvalue weighted by molar-refractivity contribution is 0.0696. The van der Waals surface area contributed by atoms with Gasteiger partial charge in [-0.3, -0.25) is 4.79 Å². The van der Waals surface area contributed by atoms with E-state index in [-0.39, 0.29) is 18.0 Å². The maximum Gasteiger partial charge on any atom is 0.335 e. The Hall–Kier alpha value is -4.42. The number of rotatable bonds is 7. The molecule has 0 unspecified atom stereocenters. The van der Waals surface area contributed by atoms with Gasteiger partial charge in [0.25, 0.3) is 5.91 Å². The maximum atomic E-state index is 13.5. The summed E-state index contributed by atoms with van der Waals surface area (Å²) in [5, 5.41) is 17.6. The molecule has 36 heavy (non-hydrogen) atoms. The first-order valence-corrected chi connectivity index (χ1v) is 11.7. The molecule has 0 bridgehead atoms. The summed E-state index contributed by atoms with van der Waals surface area (Å²) in [6.07, 6.45) is 0.454. The van der Waals surface area contributed by atoms with Crippen LogP contribution >= 0.6 is 11.6 Å². The number of benzene rings is 4. The Morgan fingerprint density at radius 2 is 1.64 bits per heavy atom. The second-order valence-corrected chi connectivity index (χ2v) is 8.82. The van der Waals surface area contributed by atoms with Crippen LogP contribution in [0.25, 0.3) is 22.1 Å². The van der Waals surface area contributed by atoms with E-state index in [0.717, 1.165) is 22.3 Å². The number of nitrogens with one attached hydrogen (secondary N) is 1. The monoisotopic (exact) mass is 496 g/mol. The first-order chi connectivity index (χ1) is 17.5. The fourth-order valence-electron chi connectivity index (χ4n) is 4.12. The Morgan fingerprint density at radius 3 is 2.36 bits per heavy atom. The highest BCUT2D eigenvalue weighted by atomic mass is 35.5. The van der Waals surface area contributed by atoms with Crippen LogP contribution in [0.3, 0.4) is 0 Å². The third kappa shape index (κ3) is 4.99. The van der Waals surface area contributed by atoms with Crippen molar-refractivity contribution in [3.63, 3.8) is 0 Å². The van der Waals surface area contributed by atoms with Gasteiger partial charge in [0.2, 0.25) is 0 Å². The van der Waals surface area contributed by atoms with E-state index < -0.39 is 5.97 Å². The normalized spacial score (nSPS) is 10.9. The van der Waals surface area contributed by atoms with Crippen molar-refractivity contribution in [3.8, 4) is 11.1 Å². The molecule has 0 aliphatic rings. The van der Waals surface area contributed by atoms with Gasteiger partial charge in [0, 0.05) is 18.0 Å². The van der Waals surface area contributed by atoms with E-state index in [9.17, 15) is 9.59 Å². The van der Waals surface area contributed by atoms with Crippen molar-refractivity contribution in [1.29, 1.82) is 0 Å². The van der Waals surface area contributed by atoms with Crippen molar-refractivity contribution in [2.75, 3.05) is 0 Å². The van der Waals surface area contributed by atoms with Crippen molar-refractivity contribution in [2.45, 2.75) is 13.0 Å². The van der Waals surface area contributed by atoms with Gasteiger partial charge < -0.3 is 14.9 Å². The highest BCUT2D eigenvalue weighted by Crippen LogP contribution is 2.31. The molecule has 6 nitrogen and oxygen atoms in total. The predicted octanol–water partition coefficient (Wildman–Crippen LogP) is 6.37. The molecule has 0 aliphatic heterocycles. The molecule has 5 rings (SSSR count). The van der Waals surface area contributed by atoms with E-state index in [1.807, 2.05) is 60.7 Å². The van der Waals surface area contributed by atoms with Crippen LogP contribution in [0.15, 0.2) is 95.5 Å². The van der Waals surface area contributed by atoms with Gasteiger partial charge in [-0.1, -0.05) is 71.4 Å². The third-order valence-electron chi connectivity index (χ3n) is 5.91. The number of aromatic carboxylic acids is 1. The molecule has 0 radical (unpaired) electrons. The SMILES string of the molecule is O=C(O)c1ccc(CNC(=O)c2cc(-c3ccccc3)cc3onc(Cc4cccc(Cl)c4)c23)cc1. The minimum absolute atomic E-state index is 0.192. The van der Waals surface area contributed by atoms with Crippen molar-refractivity contribution >= 4 is 34.4 Å². The number of carbonyl (C=O) groups is 2. The number of carboxylic acids is 1.